The molecule has 2 aromatic carbocycles. The molecule has 1 aliphatic heterocycles. The van der Waals surface area contributed by atoms with Gasteiger partial charge in [0, 0.05) is 17.4 Å². The van der Waals surface area contributed by atoms with E-state index in [-0.39, 0.29) is 11.7 Å². The molecule has 5 nitrogen and oxygen atoms in total. The number of nitrogens with zero attached hydrogens (tertiary/aromatic N) is 2. The normalized spacial score (nSPS) is 17.5. The molecular weight excluding hydrogens is 395 g/mol. The standard InChI is InChI=1S/C22H22F3N3O2/c1-12(16-4-3-5-17(20(16)23)21(24)25)26-22-18-10-14(30-15-8-9-29-11-15)6-7-19(18)27-13(2)28-22/h3-7,10,12,15,21H,8-9,11H2,1-2H3,(H,26,27,28)/t12-,15+/m1/s1. The van der Waals surface area contributed by atoms with Crippen LogP contribution in [-0.2, 0) is 4.74 Å². The fraction of sp³-hybridized carbons (Fsp3) is 0.364. The molecule has 1 N–H and O–H groups in total. The minimum atomic E-state index is -2.88. The number of hydrogen-bond acceptors (Lipinski definition) is 5. The van der Waals surface area contributed by atoms with Gasteiger partial charge < -0.3 is 14.8 Å². The first-order valence-corrected chi connectivity index (χ1v) is 9.78. The first kappa shape index (κ1) is 20.4. The monoisotopic (exact) mass is 417 g/mol. The SMILES string of the molecule is Cc1nc(N[C@H](C)c2cccc(C(F)F)c2F)c2cc(O[C@H]3CCOC3)ccc2n1. The van der Waals surface area contributed by atoms with Crippen molar-refractivity contribution in [2.24, 2.45) is 0 Å². The maximum Gasteiger partial charge on any atom is 0.266 e. The van der Waals surface area contributed by atoms with E-state index in [1.54, 1.807) is 13.8 Å². The number of halogens is 3. The summed E-state index contributed by atoms with van der Waals surface area (Å²) in [6.07, 6.45) is -2.06. The molecule has 3 aromatic rings. The first-order valence-electron chi connectivity index (χ1n) is 9.78. The molecule has 0 unspecified atom stereocenters. The van der Waals surface area contributed by atoms with E-state index in [1.807, 2.05) is 18.2 Å². The highest BCUT2D eigenvalue weighted by Gasteiger charge is 2.21. The van der Waals surface area contributed by atoms with Crippen LogP contribution in [-0.4, -0.2) is 29.3 Å². The smallest absolute Gasteiger partial charge is 0.266 e. The molecule has 8 heteroatoms. The van der Waals surface area contributed by atoms with Crippen LogP contribution in [0.4, 0.5) is 19.0 Å². The van der Waals surface area contributed by atoms with Crippen LogP contribution in [0.15, 0.2) is 36.4 Å². The van der Waals surface area contributed by atoms with E-state index in [2.05, 4.69) is 15.3 Å². The molecule has 0 spiro atoms. The van der Waals surface area contributed by atoms with Gasteiger partial charge in [0.05, 0.1) is 30.3 Å². The lowest BCUT2D eigenvalue weighted by atomic mass is 10.0. The molecule has 0 saturated carbocycles. The summed E-state index contributed by atoms with van der Waals surface area (Å²) in [6, 6.07) is 8.93. The number of ether oxygens (including phenoxy) is 2. The van der Waals surface area contributed by atoms with Crippen LogP contribution in [0.5, 0.6) is 5.75 Å². The summed E-state index contributed by atoms with van der Waals surface area (Å²) in [6.45, 7) is 4.68. The molecule has 1 aromatic heterocycles. The molecule has 0 amide bonds. The Morgan fingerprint density at radius 3 is 2.70 bits per heavy atom. The Kier molecular flexibility index (Phi) is 5.76. The Balaban J connectivity index is 1.66. The zero-order valence-electron chi connectivity index (χ0n) is 16.7. The number of fused-ring (bicyclic) bond motifs is 1. The number of anilines is 1. The molecular formula is C22H22F3N3O2. The van der Waals surface area contributed by atoms with Gasteiger partial charge in [-0.05, 0) is 32.0 Å². The number of rotatable bonds is 6. The molecule has 2 heterocycles. The molecule has 1 fully saturated rings. The van der Waals surface area contributed by atoms with Gasteiger partial charge in [-0.3, -0.25) is 0 Å². The fourth-order valence-corrected chi connectivity index (χ4v) is 3.56. The Labute approximate surface area is 172 Å². The number of alkyl halides is 2. The fourth-order valence-electron chi connectivity index (χ4n) is 3.56. The summed E-state index contributed by atoms with van der Waals surface area (Å²) >= 11 is 0. The van der Waals surface area contributed by atoms with Crippen LogP contribution in [0.1, 0.15) is 42.8 Å². The van der Waals surface area contributed by atoms with Gasteiger partial charge in [-0.1, -0.05) is 18.2 Å². The molecule has 158 valence electrons. The predicted molar refractivity (Wildman–Crippen MR) is 108 cm³/mol. The quantitative estimate of drug-likeness (QED) is 0.586. The third kappa shape index (κ3) is 4.18. The van der Waals surface area contributed by atoms with Crippen LogP contribution in [0, 0.1) is 12.7 Å². The number of benzene rings is 2. The van der Waals surface area contributed by atoms with E-state index in [4.69, 9.17) is 9.47 Å². The second kappa shape index (κ2) is 8.47. The Morgan fingerprint density at radius 2 is 1.97 bits per heavy atom. The Bertz CT molecular complexity index is 1060. The van der Waals surface area contributed by atoms with E-state index in [0.717, 1.165) is 12.5 Å². The molecule has 0 radical (unpaired) electrons. The highest BCUT2D eigenvalue weighted by molar-refractivity contribution is 5.90. The number of nitrogens with one attached hydrogen (secondary N) is 1. The summed E-state index contributed by atoms with van der Waals surface area (Å²) < 4.78 is 52.0. The highest BCUT2D eigenvalue weighted by atomic mass is 19.3. The van der Waals surface area contributed by atoms with Crippen LogP contribution in [0.3, 0.4) is 0 Å². The average Bonchev–Trinajstić information content (AvgIpc) is 3.21. The van der Waals surface area contributed by atoms with E-state index < -0.39 is 23.8 Å². The molecule has 0 aliphatic carbocycles. The van der Waals surface area contributed by atoms with Gasteiger partial charge in [0.2, 0.25) is 0 Å². The Hall–Kier alpha value is -2.87. The number of aryl methyl sites for hydroxylation is 1. The third-order valence-corrected chi connectivity index (χ3v) is 5.08. The molecule has 1 saturated heterocycles. The van der Waals surface area contributed by atoms with Gasteiger partial charge in [0.25, 0.3) is 6.43 Å². The van der Waals surface area contributed by atoms with E-state index in [1.165, 1.54) is 12.1 Å². The zero-order chi connectivity index (χ0) is 21.3. The van der Waals surface area contributed by atoms with Crippen LogP contribution >= 0.6 is 0 Å². The van der Waals surface area contributed by atoms with Crippen molar-refractivity contribution in [2.45, 2.75) is 38.8 Å². The third-order valence-electron chi connectivity index (χ3n) is 5.08. The lowest BCUT2D eigenvalue weighted by molar-refractivity contribution is 0.141. The van der Waals surface area contributed by atoms with Crippen molar-refractivity contribution >= 4 is 16.7 Å². The number of aromatic nitrogens is 2. The van der Waals surface area contributed by atoms with Gasteiger partial charge in [0.15, 0.2) is 0 Å². The van der Waals surface area contributed by atoms with E-state index in [0.29, 0.717) is 41.5 Å². The van der Waals surface area contributed by atoms with Crippen molar-refractivity contribution < 1.29 is 22.6 Å². The second-order valence-electron chi connectivity index (χ2n) is 7.32. The van der Waals surface area contributed by atoms with Gasteiger partial charge in [-0.25, -0.2) is 23.1 Å². The zero-order valence-corrected chi connectivity index (χ0v) is 16.7. The number of hydrogen-bond donors (Lipinski definition) is 1. The van der Waals surface area contributed by atoms with Crippen molar-refractivity contribution in [1.82, 2.24) is 9.97 Å². The van der Waals surface area contributed by atoms with Crippen LogP contribution < -0.4 is 10.1 Å². The summed E-state index contributed by atoms with van der Waals surface area (Å²) in [5.74, 6) is 0.775. The van der Waals surface area contributed by atoms with E-state index in [9.17, 15) is 13.2 Å². The van der Waals surface area contributed by atoms with Crippen molar-refractivity contribution in [3.63, 3.8) is 0 Å². The van der Waals surface area contributed by atoms with Crippen molar-refractivity contribution in [2.75, 3.05) is 18.5 Å². The average molecular weight is 417 g/mol. The lowest BCUT2D eigenvalue weighted by Gasteiger charge is -2.19. The molecule has 1 aliphatic rings. The van der Waals surface area contributed by atoms with E-state index >= 15 is 0 Å². The van der Waals surface area contributed by atoms with Gasteiger partial charge in [-0.15, -0.1) is 0 Å². The molecule has 4 rings (SSSR count). The minimum absolute atomic E-state index is 0.00432. The minimum Gasteiger partial charge on any atom is -0.488 e. The largest absolute Gasteiger partial charge is 0.488 e. The van der Waals surface area contributed by atoms with Crippen LogP contribution in [0.2, 0.25) is 0 Å². The van der Waals surface area contributed by atoms with Gasteiger partial charge in [-0.2, -0.15) is 0 Å². The molecule has 2 atom stereocenters. The lowest BCUT2D eigenvalue weighted by Crippen LogP contribution is -2.16. The Morgan fingerprint density at radius 1 is 1.17 bits per heavy atom. The summed E-state index contributed by atoms with van der Waals surface area (Å²) in [4.78, 5) is 8.89. The molecule has 30 heavy (non-hydrogen) atoms. The second-order valence-corrected chi connectivity index (χ2v) is 7.32. The van der Waals surface area contributed by atoms with Crippen molar-refractivity contribution in [3.8, 4) is 5.75 Å². The topological polar surface area (TPSA) is 56.3 Å². The van der Waals surface area contributed by atoms with Crippen molar-refractivity contribution in [1.29, 1.82) is 0 Å². The first-order chi connectivity index (χ1) is 14.4. The van der Waals surface area contributed by atoms with Crippen LogP contribution in [0.25, 0.3) is 10.9 Å². The molecule has 0 bridgehead atoms. The predicted octanol–water partition coefficient (Wildman–Crippen LogP) is 5.36. The van der Waals surface area contributed by atoms with Crippen molar-refractivity contribution in [3.05, 3.63) is 59.2 Å². The maximum absolute atomic E-state index is 14.6. The summed E-state index contributed by atoms with van der Waals surface area (Å²) in [5, 5.41) is 3.86. The maximum atomic E-state index is 14.6. The summed E-state index contributed by atoms with van der Waals surface area (Å²) in [7, 11) is 0. The van der Waals surface area contributed by atoms with Gasteiger partial charge >= 0.3 is 0 Å². The van der Waals surface area contributed by atoms with Gasteiger partial charge in [0.1, 0.15) is 29.3 Å². The summed E-state index contributed by atoms with van der Waals surface area (Å²) in [5.41, 5.74) is 0.237. The highest BCUT2D eigenvalue weighted by Crippen LogP contribution is 2.32.